The molecule has 0 amide bonds. The van der Waals surface area contributed by atoms with Crippen LogP contribution in [0.15, 0.2) is 34.9 Å². The first-order valence-electron chi connectivity index (χ1n) is 13.1. The van der Waals surface area contributed by atoms with Crippen molar-refractivity contribution < 1.29 is 24.6 Å². The van der Waals surface area contributed by atoms with E-state index in [4.69, 9.17) is 5.11 Å². The zero-order valence-corrected chi connectivity index (χ0v) is 23.3. The second-order valence-corrected chi connectivity index (χ2v) is 10.9. The van der Waals surface area contributed by atoms with E-state index in [2.05, 4.69) is 45.9 Å². The molecular formula is C29H48O5S. The molecule has 0 aromatic heterocycles. The Bertz CT molecular complexity index is 717. The van der Waals surface area contributed by atoms with Crippen LogP contribution >= 0.6 is 11.8 Å². The van der Waals surface area contributed by atoms with Crippen LogP contribution in [0.3, 0.4) is 0 Å². The van der Waals surface area contributed by atoms with Crippen molar-refractivity contribution >= 4 is 29.5 Å². The lowest BCUT2D eigenvalue weighted by molar-refractivity contribution is -0.143. The minimum Gasteiger partial charge on any atom is -0.481 e. The third kappa shape index (κ3) is 22.4. The number of hydrogen-bond donors (Lipinski definition) is 2. The van der Waals surface area contributed by atoms with Crippen molar-refractivity contribution in [3.63, 3.8) is 0 Å². The summed E-state index contributed by atoms with van der Waals surface area (Å²) >= 11 is 1.58. The first-order valence-corrected chi connectivity index (χ1v) is 14.3. The van der Waals surface area contributed by atoms with Gasteiger partial charge in [0.25, 0.3) is 0 Å². The standard InChI is InChI=1S/C29H48O5S/c1-23(2)13-11-14-24(3)15-12-16-25(4)19-20-35-22-26(29(33)34)21-27(30)17-9-7-5-6-8-10-18-28(31)32/h13,15,19,26H,5-12,14,16-18,20-22H2,1-4H3,(H,31,32)(H,33,34)/b24-15+,25-19+. The van der Waals surface area contributed by atoms with E-state index in [1.807, 2.05) is 0 Å². The maximum atomic E-state index is 12.2. The van der Waals surface area contributed by atoms with Crippen LogP contribution < -0.4 is 0 Å². The highest BCUT2D eigenvalue weighted by Crippen LogP contribution is 2.18. The molecule has 0 saturated heterocycles. The van der Waals surface area contributed by atoms with Crippen LogP contribution in [0.5, 0.6) is 0 Å². The van der Waals surface area contributed by atoms with Gasteiger partial charge in [0.05, 0.1) is 5.92 Å². The summed E-state index contributed by atoms with van der Waals surface area (Å²) in [7, 11) is 0. The van der Waals surface area contributed by atoms with Gasteiger partial charge in [-0.15, -0.1) is 0 Å². The molecule has 0 aromatic carbocycles. The second kappa shape index (κ2) is 21.5. The zero-order valence-electron chi connectivity index (χ0n) is 22.4. The number of aliphatic carboxylic acids is 2. The van der Waals surface area contributed by atoms with E-state index < -0.39 is 17.9 Å². The van der Waals surface area contributed by atoms with Gasteiger partial charge in [-0.25, -0.2) is 0 Å². The number of ketones is 1. The van der Waals surface area contributed by atoms with E-state index in [0.717, 1.165) is 63.5 Å². The van der Waals surface area contributed by atoms with Crippen molar-refractivity contribution in [2.75, 3.05) is 11.5 Å². The number of carboxylic acids is 2. The Labute approximate surface area is 217 Å². The number of carboxylic acid groups (broad SMARTS) is 2. The molecule has 0 radical (unpaired) electrons. The van der Waals surface area contributed by atoms with Crippen LogP contribution in [0.1, 0.15) is 111 Å². The first kappa shape index (κ1) is 33.2. The molecule has 0 fully saturated rings. The smallest absolute Gasteiger partial charge is 0.307 e. The molecular weight excluding hydrogens is 460 g/mol. The number of allylic oxidation sites excluding steroid dienone is 5. The summed E-state index contributed by atoms with van der Waals surface area (Å²) < 4.78 is 0. The summed E-state index contributed by atoms with van der Waals surface area (Å²) in [4.78, 5) is 34.3. The van der Waals surface area contributed by atoms with Gasteiger partial charge in [0, 0.05) is 30.8 Å². The van der Waals surface area contributed by atoms with Crippen molar-refractivity contribution in [1.29, 1.82) is 0 Å². The summed E-state index contributed by atoms with van der Waals surface area (Å²) in [6.45, 7) is 8.56. The summed E-state index contributed by atoms with van der Waals surface area (Å²) in [5.74, 6) is -1.01. The van der Waals surface area contributed by atoms with Crippen LogP contribution in [0.2, 0.25) is 0 Å². The topological polar surface area (TPSA) is 91.7 Å². The van der Waals surface area contributed by atoms with Crippen molar-refractivity contribution in [1.82, 2.24) is 0 Å². The SMILES string of the molecule is CC(C)=CCC/C(C)=C/CC/C(C)=C/CSCC(CC(=O)CCCCCCCCC(=O)O)C(=O)O. The number of Topliss-reactive ketones (excluding diaryl/α,β-unsaturated/α-hetero) is 1. The van der Waals surface area contributed by atoms with Crippen molar-refractivity contribution in [3.05, 3.63) is 34.9 Å². The monoisotopic (exact) mass is 508 g/mol. The molecule has 35 heavy (non-hydrogen) atoms. The van der Waals surface area contributed by atoms with E-state index in [-0.39, 0.29) is 18.6 Å². The van der Waals surface area contributed by atoms with Gasteiger partial charge in [-0.05, 0) is 66.2 Å². The Morgan fingerprint density at radius 1 is 0.714 bits per heavy atom. The van der Waals surface area contributed by atoms with Crippen LogP contribution in [-0.4, -0.2) is 39.4 Å². The zero-order chi connectivity index (χ0) is 26.5. The number of rotatable bonds is 22. The predicted octanol–water partition coefficient (Wildman–Crippen LogP) is 8.00. The molecule has 0 aliphatic carbocycles. The Kier molecular flexibility index (Phi) is 20.3. The lowest BCUT2D eigenvalue weighted by Crippen LogP contribution is -2.20. The van der Waals surface area contributed by atoms with E-state index in [0.29, 0.717) is 18.6 Å². The molecule has 0 bridgehead atoms. The largest absolute Gasteiger partial charge is 0.481 e. The summed E-state index contributed by atoms with van der Waals surface area (Å²) in [6.07, 6.45) is 17.1. The number of carbonyl (C=O) groups excluding carboxylic acids is 1. The summed E-state index contributed by atoms with van der Waals surface area (Å²) in [6, 6.07) is 0. The highest BCUT2D eigenvalue weighted by Gasteiger charge is 2.20. The van der Waals surface area contributed by atoms with E-state index in [1.54, 1.807) is 11.8 Å². The lowest BCUT2D eigenvalue weighted by Gasteiger charge is -2.11. The molecule has 0 aliphatic rings. The molecule has 200 valence electrons. The number of unbranched alkanes of at least 4 members (excludes halogenated alkanes) is 5. The fourth-order valence-electron chi connectivity index (χ4n) is 3.65. The first-order chi connectivity index (χ1) is 16.6. The lowest BCUT2D eigenvalue weighted by atomic mass is 10.00. The van der Waals surface area contributed by atoms with E-state index >= 15 is 0 Å². The molecule has 1 unspecified atom stereocenters. The Morgan fingerprint density at radius 2 is 1.26 bits per heavy atom. The fourth-order valence-corrected chi connectivity index (χ4v) is 4.73. The van der Waals surface area contributed by atoms with Crippen LogP contribution in [0.4, 0.5) is 0 Å². The van der Waals surface area contributed by atoms with Gasteiger partial charge >= 0.3 is 11.9 Å². The van der Waals surface area contributed by atoms with E-state index in [9.17, 15) is 19.5 Å². The second-order valence-electron chi connectivity index (χ2n) is 9.79. The van der Waals surface area contributed by atoms with Gasteiger partial charge in [0.1, 0.15) is 5.78 Å². The maximum Gasteiger partial charge on any atom is 0.307 e. The minimum absolute atomic E-state index is 0.0299. The maximum absolute atomic E-state index is 12.2. The Hall–Kier alpha value is -1.82. The molecule has 5 nitrogen and oxygen atoms in total. The van der Waals surface area contributed by atoms with Gasteiger partial charge in [0.2, 0.25) is 0 Å². The van der Waals surface area contributed by atoms with Crippen LogP contribution in [0, 0.1) is 5.92 Å². The fraction of sp³-hybridized carbons (Fsp3) is 0.690. The molecule has 6 heteroatoms. The molecule has 2 N–H and O–H groups in total. The van der Waals surface area contributed by atoms with Crippen LogP contribution in [0.25, 0.3) is 0 Å². The molecule has 0 rings (SSSR count). The molecule has 1 atom stereocenters. The third-order valence-electron chi connectivity index (χ3n) is 5.91. The quantitative estimate of drug-likeness (QED) is 0.114. The predicted molar refractivity (Wildman–Crippen MR) is 148 cm³/mol. The summed E-state index contributed by atoms with van der Waals surface area (Å²) in [5.41, 5.74) is 4.10. The molecule has 0 spiro atoms. The summed E-state index contributed by atoms with van der Waals surface area (Å²) in [5, 5.41) is 18.1. The highest BCUT2D eigenvalue weighted by atomic mass is 32.2. The Morgan fingerprint density at radius 3 is 1.83 bits per heavy atom. The van der Waals surface area contributed by atoms with Gasteiger partial charge < -0.3 is 10.2 Å². The molecule has 0 heterocycles. The van der Waals surface area contributed by atoms with Crippen LogP contribution in [-0.2, 0) is 14.4 Å². The van der Waals surface area contributed by atoms with Gasteiger partial charge in [-0.1, -0.05) is 60.6 Å². The number of carbonyl (C=O) groups is 3. The molecule has 0 saturated carbocycles. The van der Waals surface area contributed by atoms with Crippen molar-refractivity contribution in [2.45, 2.75) is 111 Å². The van der Waals surface area contributed by atoms with Gasteiger partial charge in [-0.3, -0.25) is 14.4 Å². The van der Waals surface area contributed by atoms with Gasteiger partial charge in [-0.2, -0.15) is 11.8 Å². The average Bonchev–Trinajstić information content (AvgIpc) is 2.77. The van der Waals surface area contributed by atoms with Gasteiger partial charge in [0.15, 0.2) is 0 Å². The van der Waals surface area contributed by atoms with Crippen molar-refractivity contribution in [2.24, 2.45) is 5.92 Å². The Balaban J connectivity index is 4.07. The molecule has 0 aliphatic heterocycles. The highest BCUT2D eigenvalue weighted by molar-refractivity contribution is 7.99. The normalized spacial score (nSPS) is 12.9. The third-order valence-corrected chi connectivity index (χ3v) is 6.95. The number of thioether (sulfide) groups is 1. The molecule has 0 aromatic rings. The van der Waals surface area contributed by atoms with E-state index in [1.165, 1.54) is 16.7 Å². The number of hydrogen-bond acceptors (Lipinski definition) is 4. The van der Waals surface area contributed by atoms with Crippen molar-refractivity contribution in [3.8, 4) is 0 Å². The average molecular weight is 509 g/mol. The minimum atomic E-state index is -0.890.